The molecule has 0 bridgehead atoms. The molecular formula is C23H24FN3O4S. The normalized spacial score (nSPS) is 14.1. The minimum absolute atomic E-state index is 0.0817. The minimum Gasteiger partial charge on any atom is -0.490 e. The SMILES string of the molecule is CC(C)C(NC(=O)CSc1nnc(-c2ccccc2F)o1)c1ccc2c(c1)OCCCO2. The quantitative estimate of drug-likeness (QED) is 0.517. The highest BCUT2D eigenvalue weighted by Crippen LogP contribution is 2.34. The molecule has 3 aromatic rings. The number of hydrogen-bond acceptors (Lipinski definition) is 7. The van der Waals surface area contributed by atoms with Crippen LogP contribution < -0.4 is 14.8 Å². The molecule has 1 N–H and O–H groups in total. The fourth-order valence-corrected chi connectivity index (χ4v) is 3.94. The molecule has 7 nitrogen and oxygen atoms in total. The highest BCUT2D eigenvalue weighted by atomic mass is 32.2. The zero-order valence-corrected chi connectivity index (χ0v) is 18.7. The molecule has 4 rings (SSSR count). The molecule has 168 valence electrons. The van der Waals surface area contributed by atoms with Crippen molar-refractivity contribution < 1.29 is 23.1 Å². The van der Waals surface area contributed by atoms with Crippen molar-refractivity contribution in [2.45, 2.75) is 31.5 Å². The van der Waals surface area contributed by atoms with E-state index in [1.807, 2.05) is 32.0 Å². The fourth-order valence-electron chi connectivity index (χ4n) is 3.36. The summed E-state index contributed by atoms with van der Waals surface area (Å²) in [6, 6.07) is 11.7. The lowest BCUT2D eigenvalue weighted by Crippen LogP contribution is -2.33. The molecule has 1 atom stereocenters. The molecule has 1 amide bonds. The molecule has 1 aliphatic rings. The van der Waals surface area contributed by atoms with Gasteiger partial charge in [-0.3, -0.25) is 4.79 Å². The Bertz CT molecular complexity index is 1090. The Morgan fingerprint density at radius 1 is 1.12 bits per heavy atom. The van der Waals surface area contributed by atoms with Gasteiger partial charge in [0.05, 0.1) is 30.6 Å². The summed E-state index contributed by atoms with van der Waals surface area (Å²) in [7, 11) is 0. The molecule has 0 spiro atoms. The molecule has 0 fully saturated rings. The van der Waals surface area contributed by atoms with E-state index < -0.39 is 5.82 Å². The number of nitrogens with zero attached hydrogens (tertiary/aromatic N) is 2. The summed E-state index contributed by atoms with van der Waals surface area (Å²) in [6.45, 7) is 5.31. The van der Waals surface area contributed by atoms with Crippen molar-refractivity contribution in [1.29, 1.82) is 0 Å². The molecule has 32 heavy (non-hydrogen) atoms. The Kier molecular flexibility index (Phi) is 6.94. The number of hydrogen-bond donors (Lipinski definition) is 1. The highest BCUT2D eigenvalue weighted by molar-refractivity contribution is 7.99. The van der Waals surface area contributed by atoms with Crippen LogP contribution in [-0.4, -0.2) is 35.1 Å². The van der Waals surface area contributed by atoms with Crippen molar-refractivity contribution in [3.8, 4) is 23.0 Å². The molecule has 0 saturated heterocycles. The number of nitrogens with one attached hydrogen (secondary N) is 1. The third-order valence-corrected chi connectivity index (χ3v) is 5.77. The second-order valence-electron chi connectivity index (χ2n) is 7.69. The Balaban J connectivity index is 1.39. The first-order valence-corrected chi connectivity index (χ1v) is 11.4. The summed E-state index contributed by atoms with van der Waals surface area (Å²) in [5.74, 6) is 1.13. The second kappa shape index (κ2) is 10.0. The van der Waals surface area contributed by atoms with Gasteiger partial charge in [-0.05, 0) is 35.7 Å². The van der Waals surface area contributed by atoms with Crippen LogP contribution in [0.15, 0.2) is 52.1 Å². The summed E-state index contributed by atoms with van der Waals surface area (Å²) in [5, 5.41) is 11.1. The minimum atomic E-state index is -0.444. The van der Waals surface area contributed by atoms with Crippen molar-refractivity contribution in [1.82, 2.24) is 15.5 Å². The lowest BCUT2D eigenvalue weighted by atomic mass is 9.95. The van der Waals surface area contributed by atoms with Crippen molar-refractivity contribution in [3.05, 3.63) is 53.8 Å². The number of carbonyl (C=O) groups excluding carboxylic acids is 1. The van der Waals surface area contributed by atoms with E-state index in [0.29, 0.717) is 19.0 Å². The number of halogens is 1. The molecule has 1 aliphatic heterocycles. The van der Waals surface area contributed by atoms with E-state index in [0.717, 1.165) is 29.5 Å². The Hall–Kier alpha value is -3.07. The van der Waals surface area contributed by atoms with E-state index in [4.69, 9.17) is 13.9 Å². The fraction of sp³-hybridized carbons (Fsp3) is 0.348. The van der Waals surface area contributed by atoms with Crippen LogP contribution in [0, 0.1) is 11.7 Å². The molecule has 2 heterocycles. The summed E-state index contributed by atoms with van der Waals surface area (Å²) in [5.41, 5.74) is 1.17. The Morgan fingerprint density at radius 2 is 1.91 bits per heavy atom. The molecule has 9 heteroatoms. The van der Waals surface area contributed by atoms with Crippen molar-refractivity contribution in [2.75, 3.05) is 19.0 Å². The monoisotopic (exact) mass is 457 g/mol. The average molecular weight is 458 g/mol. The lowest BCUT2D eigenvalue weighted by Gasteiger charge is -2.23. The van der Waals surface area contributed by atoms with Gasteiger partial charge in [0.1, 0.15) is 5.82 Å². The van der Waals surface area contributed by atoms with Gasteiger partial charge in [-0.15, -0.1) is 10.2 Å². The number of carbonyl (C=O) groups is 1. The predicted molar refractivity (Wildman–Crippen MR) is 118 cm³/mol. The largest absolute Gasteiger partial charge is 0.490 e. The molecule has 0 radical (unpaired) electrons. The van der Waals surface area contributed by atoms with Gasteiger partial charge in [-0.25, -0.2) is 4.39 Å². The highest BCUT2D eigenvalue weighted by Gasteiger charge is 2.22. The van der Waals surface area contributed by atoms with Crippen molar-refractivity contribution in [2.24, 2.45) is 5.92 Å². The summed E-state index contributed by atoms with van der Waals surface area (Å²) in [4.78, 5) is 12.6. The third-order valence-electron chi connectivity index (χ3n) is 4.95. The first kappa shape index (κ1) is 22.1. The van der Waals surface area contributed by atoms with Crippen LogP contribution in [0.1, 0.15) is 31.9 Å². The Labute approximate surface area is 189 Å². The van der Waals surface area contributed by atoms with E-state index in [-0.39, 0.29) is 40.3 Å². The number of rotatable bonds is 7. The number of aromatic nitrogens is 2. The van der Waals surface area contributed by atoms with Crippen LogP contribution in [0.25, 0.3) is 11.5 Å². The van der Waals surface area contributed by atoms with E-state index in [9.17, 15) is 9.18 Å². The van der Waals surface area contributed by atoms with Crippen LogP contribution in [-0.2, 0) is 4.79 Å². The van der Waals surface area contributed by atoms with Gasteiger partial charge in [0.15, 0.2) is 11.5 Å². The number of amides is 1. The van der Waals surface area contributed by atoms with E-state index >= 15 is 0 Å². The first-order chi connectivity index (χ1) is 15.5. The third kappa shape index (κ3) is 5.21. The maximum absolute atomic E-state index is 13.9. The summed E-state index contributed by atoms with van der Waals surface area (Å²) < 4.78 is 30.9. The van der Waals surface area contributed by atoms with Crippen LogP contribution in [0.2, 0.25) is 0 Å². The van der Waals surface area contributed by atoms with E-state index in [2.05, 4.69) is 15.5 Å². The van der Waals surface area contributed by atoms with Gasteiger partial charge in [0.2, 0.25) is 5.91 Å². The smallest absolute Gasteiger partial charge is 0.277 e. The van der Waals surface area contributed by atoms with Crippen LogP contribution >= 0.6 is 11.8 Å². The second-order valence-corrected chi connectivity index (χ2v) is 8.61. The van der Waals surface area contributed by atoms with Crippen LogP contribution in [0.4, 0.5) is 4.39 Å². The topological polar surface area (TPSA) is 86.5 Å². The van der Waals surface area contributed by atoms with Gasteiger partial charge in [0, 0.05) is 6.42 Å². The molecule has 1 aromatic heterocycles. The van der Waals surface area contributed by atoms with Crippen LogP contribution in [0.5, 0.6) is 11.5 Å². The number of ether oxygens (including phenoxy) is 2. The molecule has 0 saturated carbocycles. The number of fused-ring (bicyclic) bond motifs is 1. The molecule has 0 aliphatic carbocycles. The molecule has 1 unspecified atom stereocenters. The summed E-state index contributed by atoms with van der Waals surface area (Å²) >= 11 is 1.10. The average Bonchev–Trinajstić information content (AvgIpc) is 3.13. The molecule has 2 aromatic carbocycles. The standard InChI is InChI=1S/C23H24FN3O4S/c1-14(2)21(15-8-9-18-19(12-15)30-11-5-10-29-18)25-20(28)13-32-23-27-26-22(31-23)16-6-3-4-7-17(16)24/h3-4,6-9,12,14,21H,5,10-11,13H2,1-2H3,(H,25,28). The maximum Gasteiger partial charge on any atom is 0.277 e. The zero-order chi connectivity index (χ0) is 22.5. The lowest BCUT2D eigenvalue weighted by molar-refractivity contribution is -0.119. The van der Waals surface area contributed by atoms with E-state index in [1.165, 1.54) is 6.07 Å². The van der Waals surface area contributed by atoms with Crippen molar-refractivity contribution >= 4 is 17.7 Å². The van der Waals surface area contributed by atoms with Gasteiger partial charge in [-0.2, -0.15) is 0 Å². The summed E-state index contributed by atoms with van der Waals surface area (Å²) in [6.07, 6.45) is 0.833. The number of benzene rings is 2. The number of thioether (sulfide) groups is 1. The first-order valence-electron chi connectivity index (χ1n) is 10.4. The van der Waals surface area contributed by atoms with Crippen molar-refractivity contribution in [3.63, 3.8) is 0 Å². The van der Waals surface area contributed by atoms with Crippen LogP contribution in [0.3, 0.4) is 0 Å². The Morgan fingerprint density at radius 3 is 2.69 bits per heavy atom. The van der Waals surface area contributed by atoms with Gasteiger partial charge < -0.3 is 19.2 Å². The van der Waals surface area contributed by atoms with Gasteiger partial charge in [0.25, 0.3) is 11.1 Å². The zero-order valence-electron chi connectivity index (χ0n) is 17.8. The van der Waals surface area contributed by atoms with Gasteiger partial charge in [-0.1, -0.05) is 43.8 Å². The van der Waals surface area contributed by atoms with E-state index in [1.54, 1.807) is 18.2 Å². The maximum atomic E-state index is 13.9. The predicted octanol–water partition coefficient (Wildman–Crippen LogP) is 4.64. The van der Waals surface area contributed by atoms with Gasteiger partial charge >= 0.3 is 0 Å². The molecular weight excluding hydrogens is 433 g/mol.